The molecule has 82 valence electrons. The van der Waals surface area contributed by atoms with Gasteiger partial charge in [0.05, 0.1) is 0 Å². The second-order valence-electron chi connectivity index (χ2n) is 4.80. The van der Waals surface area contributed by atoms with E-state index < -0.39 is 0 Å². The Morgan fingerprint density at radius 1 is 1.14 bits per heavy atom. The fraction of sp³-hybridized carbons (Fsp3) is 1.00. The van der Waals surface area contributed by atoms with Gasteiger partial charge in [-0.15, -0.1) is 0 Å². The summed E-state index contributed by atoms with van der Waals surface area (Å²) >= 11 is 0. The van der Waals surface area contributed by atoms with E-state index in [0.29, 0.717) is 0 Å². The first-order valence-corrected chi connectivity index (χ1v) is 6.34. The van der Waals surface area contributed by atoms with E-state index in [4.69, 9.17) is 0 Å². The second kappa shape index (κ2) is 4.63. The van der Waals surface area contributed by atoms with Gasteiger partial charge in [0.25, 0.3) is 0 Å². The fourth-order valence-corrected chi connectivity index (χ4v) is 3.45. The molecule has 2 aliphatic heterocycles. The van der Waals surface area contributed by atoms with Crippen LogP contribution in [0.2, 0.25) is 0 Å². The molecule has 0 spiro atoms. The Morgan fingerprint density at radius 2 is 1.79 bits per heavy atom. The van der Waals surface area contributed by atoms with Gasteiger partial charge in [0.2, 0.25) is 0 Å². The summed E-state index contributed by atoms with van der Waals surface area (Å²) < 4.78 is 0. The summed E-state index contributed by atoms with van der Waals surface area (Å²) in [6, 6.07) is 2.58. The largest absolute Gasteiger partial charge is 0.314 e. The molecular formula is C12H24N2. The first kappa shape index (κ1) is 10.4. The number of fused-ring (bicyclic) bond motifs is 2. The SMILES string of the molecule is CCNC1CC2CCCC(C1)N2CC. The fourth-order valence-electron chi connectivity index (χ4n) is 3.45. The molecule has 0 saturated carbocycles. The summed E-state index contributed by atoms with van der Waals surface area (Å²) in [5, 5.41) is 3.63. The summed E-state index contributed by atoms with van der Waals surface area (Å²) in [5.74, 6) is 0. The number of nitrogens with zero attached hydrogens (tertiary/aromatic N) is 1. The predicted molar refractivity (Wildman–Crippen MR) is 60.5 cm³/mol. The maximum absolute atomic E-state index is 3.63. The average Bonchev–Trinajstić information content (AvgIpc) is 2.17. The third-order valence-corrected chi connectivity index (χ3v) is 3.98. The molecule has 2 heterocycles. The first-order valence-electron chi connectivity index (χ1n) is 6.34. The molecule has 2 saturated heterocycles. The van der Waals surface area contributed by atoms with E-state index in [1.165, 1.54) is 38.6 Å². The maximum atomic E-state index is 3.63. The van der Waals surface area contributed by atoms with Crippen molar-refractivity contribution in [2.45, 2.75) is 64.1 Å². The van der Waals surface area contributed by atoms with Crippen molar-refractivity contribution < 1.29 is 0 Å². The highest BCUT2D eigenvalue weighted by molar-refractivity contribution is 4.94. The van der Waals surface area contributed by atoms with Crippen LogP contribution in [0.25, 0.3) is 0 Å². The van der Waals surface area contributed by atoms with E-state index >= 15 is 0 Å². The third kappa shape index (κ3) is 1.96. The lowest BCUT2D eigenvalue weighted by Crippen LogP contribution is -2.55. The smallest absolute Gasteiger partial charge is 0.0113 e. The van der Waals surface area contributed by atoms with Crippen molar-refractivity contribution in [3.05, 3.63) is 0 Å². The molecule has 1 N–H and O–H groups in total. The Hall–Kier alpha value is -0.0800. The molecule has 14 heavy (non-hydrogen) atoms. The van der Waals surface area contributed by atoms with Gasteiger partial charge >= 0.3 is 0 Å². The zero-order valence-electron chi connectivity index (χ0n) is 9.63. The van der Waals surface area contributed by atoms with Crippen LogP contribution in [0.3, 0.4) is 0 Å². The third-order valence-electron chi connectivity index (χ3n) is 3.98. The molecular weight excluding hydrogens is 172 g/mol. The van der Waals surface area contributed by atoms with Gasteiger partial charge in [-0.05, 0) is 38.8 Å². The van der Waals surface area contributed by atoms with Crippen molar-refractivity contribution in [3.63, 3.8) is 0 Å². The maximum Gasteiger partial charge on any atom is 0.0113 e. The standard InChI is InChI=1S/C12H24N2/c1-3-13-10-8-11-6-5-7-12(9-10)14(11)4-2/h10-13H,3-9H2,1-2H3. The van der Waals surface area contributed by atoms with Crippen molar-refractivity contribution in [1.82, 2.24) is 10.2 Å². The van der Waals surface area contributed by atoms with E-state index in [-0.39, 0.29) is 0 Å². The van der Waals surface area contributed by atoms with Crippen LogP contribution < -0.4 is 5.32 Å². The van der Waals surface area contributed by atoms with Gasteiger partial charge in [0, 0.05) is 18.1 Å². The van der Waals surface area contributed by atoms with Crippen molar-refractivity contribution in [2.24, 2.45) is 0 Å². The van der Waals surface area contributed by atoms with E-state index in [9.17, 15) is 0 Å². The molecule has 0 aromatic heterocycles. The van der Waals surface area contributed by atoms with Crippen LogP contribution in [0, 0.1) is 0 Å². The van der Waals surface area contributed by atoms with Crippen molar-refractivity contribution in [2.75, 3.05) is 13.1 Å². The molecule has 2 nitrogen and oxygen atoms in total. The molecule has 0 aromatic carbocycles. The molecule has 0 amide bonds. The Kier molecular flexibility index (Phi) is 3.45. The van der Waals surface area contributed by atoms with Gasteiger partial charge in [0.15, 0.2) is 0 Å². The number of hydrogen-bond acceptors (Lipinski definition) is 2. The molecule has 2 fully saturated rings. The lowest BCUT2D eigenvalue weighted by molar-refractivity contribution is 0.0297. The average molecular weight is 196 g/mol. The van der Waals surface area contributed by atoms with Crippen molar-refractivity contribution >= 4 is 0 Å². The molecule has 0 aliphatic carbocycles. The summed E-state index contributed by atoms with van der Waals surface area (Å²) in [5.41, 5.74) is 0. The first-order chi connectivity index (χ1) is 6.85. The molecule has 2 aliphatic rings. The highest BCUT2D eigenvalue weighted by atomic mass is 15.2. The van der Waals surface area contributed by atoms with Gasteiger partial charge in [-0.3, -0.25) is 4.90 Å². The van der Waals surface area contributed by atoms with Gasteiger partial charge in [-0.25, -0.2) is 0 Å². The minimum absolute atomic E-state index is 0.804. The van der Waals surface area contributed by atoms with E-state index in [1.54, 1.807) is 0 Å². The number of rotatable bonds is 3. The summed E-state index contributed by atoms with van der Waals surface area (Å²) in [6.45, 7) is 6.94. The van der Waals surface area contributed by atoms with Gasteiger partial charge in [-0.1, -0.05) is 20.3 Å². The molecule has 2 unspecified atom stereocenters. The van der Waals surface area contributed by atoms with Gasteiger partial charge in [-0.2, -0.15) is 0 Å². The monoisotopic (exact) mass is 196 g/mol. The quantitative estimate of drug-likeness (QED) is 0.743. The molecule has 0 radical (unpaired) electrons. The van der Waals surface area contributed by atoms with Crippen LogP contribution in [0.1, 0.15) is 46.0 Å². The Morgan fingerprint density at radius 3 is 2.29 bits per heavy atom. The Bertz CT molecular complexity index is 167. The lowest BCUT2D eigenvalue weighted by Gasteiger charge is -2.48. The van der Waals surface area contributed by atoms with Crippen LogP contribution in [0.5, 0.6) is 0 Å². The number of piperidine rings is 2. The Labute approximate surface area is 88.1 Å². The van der Waals surface area contributed by atoms with E-state index in [0.717, 1.165) is 24.7 Å². The van der Waals surface area contributed by atoms with Crippen LogP contribution in [-0.4, -0.2) is 36.1 Å². The molecule has 2 atom stereocenters. The Balaban J connectivity index is 1.97. The second-order valence-corrected chi connectivity index (χ2v) is 4.80. The summed E-state index contributed by atoms with van der Waals surface area (Å²) in [4.78, 5) is 2.75. The topological polar surface area (TPSA) is 15.3 Å². The predicted octanol–water partition coefficient (Wildman–Crippen LogP) is 2.00. The van der Waals surface area contributed by atoms with Crippen LogP contribution in [-0.2, 0) is 0 Å². The molecule has 2 bridgehead atoms. The minimum Gasteiger partial charge on any atom is -0.314 e. The normalized spacial score (nSPS) is 38.6. The number of nitrogens with one attached hydrogen (secondary N) is 1. The number of hydrogen-bond donors (Lipinski definition) is 1. The zero-order chi connectivity index (χ0) is 9.97. The molecule has 2 heteroatoms. The van der Waals surface area contributed by atoms with E-state index in [2.05, 4.69) is 24.1 Å². The van der Waals surface area contributed by atoms with Gasteiger partial charge < -0.3 is 5.32 Å². The van der Waals surface area contributed by atoms with Crippen molar-refractivity contribution in [1.29, 1.82) is 0 Å². The highest BCUT2D eigenvalue weighted by Crippen LogP contribution is 2.33. The zero-order valence-corrected chi connectivity index (χ0v) is 9.63. The van der Waals surface area contributed by atoms with Crippen LogP contribution >= 0.6 is 0 Å². The van der Waals surface area contributed by atoms with Crippen LogP contribution in [0.15, 0.2) is 0 Å². The molecule has 0 aromatic rings. The lowest BCUT2D eigenvalue weighted by atomic mass is 9.82. The van der Waals surface area contributed by atoms with Crippen molar-refractivity contribution in [3.8, 4) is 0 Å². The highest BCUT2D eigenvalue weighted by Gasteiger charge is 2.36. The van der Waals surface area contributed by atoms with Gasteiger partial charge in [0.1, 0.15) is 0 Å². The minimum atomic E-state index is 0.804. The van der Waals surface area contributed by atoms with E-state index in [1.807, 2.05) is 0 Å². The summed E-state index contributed by atoms with van der Waals surface area (Å²) in [6.07, 6.45) is 7.11. The summed E-state index contributed by atoms with van der Waals surface area (Å²) in [7, 11) is 0. The van der Waals surface area contributed by atoms with Crippen LogP contribution in [0.4, 0.5) is 0 Å². The molecule has 2 rings (SSSR count).